The summed E-state index contributed by atoms with van der Waals surface area (Å²) in [5.41, 5.74) is 1.74. The van der Waals surface area contributed by atoms with E-state index in [0.29, 0.717) is 22.6 Å². The van der Waals surface area contributed by atoms with Crippen LogP contribution in [-0.4, -0.2) is 99.3 Å². The quantitative estimate of drug-likeness (QED) is 0.0758. The number of carbonyl (C=O) groups excluding carboxylic acids is 4. The molecule has 4 N–H and O–H groups in total. The molecule has 2 unspecified atom stereocenters. The first-order chi connectivity index (χ1) is 22.0. The molecule has 0 aliphatic rings. The third-order valence-electron chi connectivity index (χ3n) is 5.65. The molecule has 46 heavy (non-hydrogen) atoms. The number of para-hydroxylation sites is 2. The Hall–Kier alpha value is -5.08. The van der Waals surface area contributed by atoms with Crippen molar-refractivity contribution in [2.45, 2.75) is 26.1 Å². The number of aliphatic hydroxyl groups excluding tert-OH is 2. The molecule has 0 saturated heterocycles. The minimum atomic E-state index is -1.15. The van der Waals surface area contributed by atoms with Gasteiger partial charge in [-0.2, -0.15) is 0 Å². The molecule has 0 aromatic heterocycles. The second-order valence-electron chi connectivity index (χ2n) is 9.80. The molecule has 0 bridgehead atoms. The van der Waals surface area contributed by atoms with Gasteiger partial charge in [0.1, 0.15) is 63.3 Å². The second kappa shape index (κ2) is 20.0. The highest BCUT2D eigenvalue weighted by atomic mass is 16.6. The van der Waals surface area contributed by atoms with E-state index in [1.165, 1.54) is 13.8 Å². The van der Waals surface area contributed by atoms with Crippen LogP contribution in [0, 0.1) is 0 Å². The van der Waals surface area contributed by atoms with Gasteiger partial charge in [0.25, 0.3) is 0 Å². The predicted octanol–water partition coefficient (Wildman–Crippen LogP) is 2.52. The van der Waals surface area contributed by atoms with E-state index >= 15 is 0 Å². The van der Waals surface area contributed by atoms with Gasteiger partial charge in [-0.15, -0.1) is 0 Å². The third-order valence-corrected chi connectivity index (χ3v) is 5.65. The number of alkyl carbamates (subject to hydrolysis) is 2. The van der Waals surface area contributed by atoms with Crippen molar-refractivity contribution < 1.29 is 57.8 Å². The summed E-state index contributed by atoms with van der Waals surface area (Å²) in [4.78, 5) is 46.3. The van der Waals surface area contributed by atoms with Gasteiger partial charge in [0, 0.05) is 22.3 Å². The lowest BCUT2D eigenvalue weighted by Crippen LogP contribution is -2.32. The Bertz CT molecular complexity index is 1240. The number of hydrogen-bond donors (Lipinski definition) is 4. The fourth-order valence-electron chi connectivity index (χ4n) is 3.38. The van der Waals surface area contributed by atoms with Gasteiger partial charge >= 0.3 is 24.1 Å². The summed E-state index contributed by atoms with van der Waals surface area (Å²) < 4.78 is 31.3. The van der Waals surface area contributed by atoms with E-state index in [4.69, 9.17) is 28.4 Å². The molecule has 2 atom stereocenters. The van der Waals surface area contributed by atoms with Gasteiger partial charge in [-0.1, -0.05) is 49.6 Å². The number of nitrogens with one attached hydrogen (secondary N) is 2. The number of esters is 2. The number of aliphatic hydroxyl groups is 2. The van der Waals surface area contributed by atoms with Crippen LogP contribution in [0.4, 0.5) is 9.59 Å². The Labute approximate surface area is 266 Å². The first kappa shape index (κ1) is 37.1. The zero-order chi connectivity index (χ0) is 33.9. The van der Waals surface area contributed by atoms with Crippen molar-refractivity contribution in [1.29, 1.82) is 0 Å². The molecule has 2 rings (SSSR count). The van der Waals surface area contributed by atoms with Crippen molar-refractivity contribution in [3.63, 3.8) is 0 Å². The average molecular weight is 645 g/mol. The molecule has 0 heterocycles. The highest BCUT2D eigenvalue weighted by Crippen LogP contribution is 2.36. The summed E-state index contributed by atoms with van der Waals surface area (Å²) in [5, 5.41) is 25.4. The van der Waals surface area contributed by atoms with Crippen molar-refractivity contribution in [2.24, 2.45) is 0 Å². The van der Waals surface area contributed by atoms with E-state index in [2.05, 4.69) is 23.8 Å². The summed E-state index contributed by atoms with van der Waals surface area (Å²) in [6, 6.07) is 14.0. The van der Waals surface area contributed by atoms with Crippen LogP contribution in [0.25, 0.3) is 11.1 Å². The van der Waals surface area contributed by atoms with Gasteiger partial charge in [0.2, 0.25) is 0 Å². The van der Waals surface area contributed by atoms with Crippen LogP contribution in [0.5, 0.6) is 11.5 Å². The largest absolute Gasteiger partial charge is 0.490 e. The van der Waals surface area contributed by atoms with Crippen molar-refractivity contribution in [2.75, 3.05) is 52.7 Å². The van der Waals surface area contributed by atoms with Crippen LogP contribution in [-0.2, 0) is 28.5 Å². The molecule has 2 aromatic rings. The summed E-state index contributed by atoms with van der Waals surface area (Å²) in [6.07, 6.45) is -3.89. The minimum absolute atomic E-state index is 0.0229. The maximum Gasteiger partial charge on any atom is 0.407 e. The summed E-state index contributed by atoms with van der Waals surface area (Å²) in [5.74, 6) is -0.313. The highest BCUT2D eigenvalue weighted by molar-refractivity contribution is 5.87. The maximum absolute atomic E-state index is 11.8. The molecular formula is C32H40N2O12. The number of ether oxygens (including phenoxy) is 6. The zero-order valence-corrected chi connectivity index (χ0v) is 25.8. The van der Waals surface area contributed by atoms with Gasteiger partial charge in [0.15, 0.2) is 0 Å². The summed E-state index contributed by atoms with van der Waals surface area (Å²) in [6.45, 7) is 8.77. The van der Waals surface area contributed by atoms with Crippen LogP contribution in [0.3, 0.4) is 0 Å². The molecule has 0 saturated carbocycles. The third kappa shape index (κ3) is 14.1. The Morgan fingerprint density at radius 3 is 1.37 bits per heavy atom. The first-order valence-corrected chi connectivity index (χ1v) is 14.2. The molecule has 0 spiro atoms. The molecule has 250 valence electrons. The van der Waals surface area contributed by atoms with Crippen molar-refractivity contribution in [3.05, 3.63) is 72.8 Å². The SMILES string of the molecule is C=C(C)C(=O)OCCNC(=O)OCC(O)COc1ccccc1-c1ccccc1OCC(O)COC(=O)NCCOC(=O)C(=C)C. The van der Waals surface area contributed by atoms with Gasteiger partial charge < -0.3 is 49.3 Å². The molecule has 2 amide bonds. The lowest BCUT2D eigenvalue weighted by atomic mass is 10.0. The van der Waals surface area contributed by atoms with Gasteiger partial charge in [-0.05, 0) is 26.0 Å². The number of hydrogen-bond acceptors (Lipinski definition) is 12. The lowest BCUT2D eigenvalue weighted by molar-refractivity contribution is -0.139. The number of carbonyl (C=O) groups is 4. The van der Waals surface area contributed by atoms with E-state index in [1.54, 1.807) is 48.5 Å². The fraction of sp³-hybridized carbons (Fsp3) is 0.375. The lowest BCUT2D eigenvalue weighted by Gasteiger charge is -2.18. The highest BCUT2D eigenvalue weighted by Gasteiger charge is 2.16. The van der Waals surface area contributed by atoms with E-state index in [1.807, 2.05) is 0 Å². The fourth-order valence-corrected chi connectivity index (χ4v) is 3.38. The molecule has 14 nitrogen and oxygen atoms in total. The Morgan fingerprint density at radius 1 is 0.630 bits per heavy atom. The zero-order valence-electron chi connectivity index (χ0n) is 25.8. The van der Waals surface area contributed by atoms with E-state index in [-0.39, 0.29) is 63.9 Å². The van der Waals surface area contributed by atoms with Crippen LogP contribution in [0.1, 0.15) is 13.8 Å². The van der Waals surface area contributed by atoms with Gasteiger partial charge in [-0.25, -0.2) is 19.2 Å². The van der Waals surface area contributed by atoms with Crippen molar-refractivity contribution in [3.8, 4) is 22.6 Å². The molecule has 0 fully saturated rings. The summed E-state index contributed by atoms with van der Waals surface area (Å²) in [7, 11) is 0. The van der Waals surface area contributed by atoms with Crippen LogP contribution in [0.2, 0.25) is 0 Å². The molecule has 0 radical (unpaired) electrons. The van der Waals surface area contributed by atoms with Crippen LogP contribution >= 0.6 is 0 Å². The summed E-state index contributed by atoms with van der Waals surface area (Å²) >= 11 is 0. The topological polar surface area (TPSA) is 188 Å². The van der Waals surface area contributed by atoms with Crippen molar-refractivity contribution >= 4 is 24.1 Å². The van der Waals surface area contributed by atoms with E-state index in [0.717, 1.165) is 0 Å². The maximum atomic E-state index is 11.8. The molecule has 14 heteroatoms. The number of benzene rings is 2. The minimum Gasteiger partial charge on any atom is -0.490 e. The molecular weight excluding hydrogens is 604 g/mol. The smallest absolute Gasteiger partial charge is 0.407 e. The standard InChI is InChI=1S/C32H40N2O12/c1-21(2)29(37)41-15-13-33-31(39)45-19-23(35)17-43-27-11-7-5-9-25(27)26-10-6-8-12-28(26)44-18-24(36)20-46-32(40)34-14-16-42-30(38)22(3)4/h5-12,23-24,35-36H,1,3,13-20H2,2,4H3,(H,33,39)(H,34,40). The molecule has 2 aromatic carbocycles. The van der Waals surface area contributed by atoms with E-state index < -0.39 is 36.3 Å². The van der Waals surface area contributed by atoms with Gasteiger partial charge in [0.05, 0.1) is 13.1 Å². The Balaban J connectivity index is 1.82. The van der Waals surface area contributed by atoms with Crippen LogP contribution < -0.4 is 20.1 Å². The predicted molar refractivity (Wildman–Crippen MR) is 165 cm³/mol. The Kier molecular flexibility index (Phi) is 16.2. The normalized spacial score (nSPS) is 11.7. The second-order valence-corrected chi connectivity index (χ2v) is 9.80. The van der Waals surface area contributed by atoms with Crippen LogP contribution in [0.15, 0.2) is 72.8 Å². The first-order valence-electron chi connectivity index (χ1n) is 14.2. The molecule has 0 aliphatic carbocycles. The molecule has 0 aliphatic heterocycles. The van der Waals surface area contributed by atoms with E-state index in [9.17, 15) is 29.4 Å². The Morgan fingerprint density at radius 2 is 1.00 bits per heavy atom. The average Bonchev–Trinajstić information content (AvgIpc) is 3.04. The van der Waals surface area contributed by atoms with Crippen molar-refractivity contribution in [1.82, 2.24) is 10.6 Å². The monoisotopic (exact) mass is 644 g/mol. The number of amides is 2. The van der Waals surface area contributed by atoms with Gasteiger partial charge in [-0.3, -0.25) is 0 Å². The number of rotatable bonds is 19.